The molecule has 17 heavy (non-hydrogen) atoms. The lowest BCUT2D eigenvalue weighted by atomic mass is 9.90. The van der Waals surface area contributed by atoms with Crippen molar-refractivity contribution in [3.8, 4) is 5.88 Å². The molecular formula is C14H22N2O. The first-order valence-electron chi connectivity index (χ1n) is 6.60. The average molecular weight is 234 g/mol. The number of pyridine rings is 1. The van der Waals surface area contributed by atoms with Crippen molar-refractivity contribution in [2.24, 2.45) is 11.7 Å². The summed E-state index contributed by atoms with van der Waals surface area (Å²) in [7, 11) is 0. The van der Waals surface area contributed by atoms with Gasteiger partial charge in [0.2, 0.25) is 5.88 Å². The second-order valence-corrected chi connectivity index (χ2v) is 5.03. The maximum atomic E-state index is 5.84. The highest BCUT2D eigenvalue weighted by Crippen LogP contribution is 2.24. The zero-order valence-corrected chi connectivity index (χ0v) is 10.6. The molecule has 1 unspecified atom stereocenters. The van der Waals surface area contributed by atoms with E-state index in [1.54, 1.807) is 6.20 Å². The minimum absolute atomic E-state index is 0.0371. The molecule has 2 N–H and O–H groups in total. The summed E-state index contributed by atoms with van der Waals surface area (Å²) in [5.74, 6) is 1.43. The Morgan fingerprint density at radius 3 is 2.88 bits per heavy atom. The van der Waals surface area contributed by atoms with E-state index in [1.807, 2.05) is 19.1 Å². The SMILES string of the molecule is CC(N)c1ccnc(OCC2CCCCC2)c1. The van der Waals surface area contributed by atoms with Gasteiger partial charge in [0.05, 0.1) is 6.61 Å². The topological polar surface area (TPSA) is 48.1 Å². The normalized spacial score (nSPS) is 18.9. The van der Waals surface area contributed by atoms with Gasteiger partial charge >= 0.3 is 0 Å². The molecule has 0 amide bonds. The molecule has 0 aliphatic heterocycles. The first-order valence-corrected chi connectivity index (χ1v) is 6.60. The zero-order valence-electron chi connectivity index (χ0n) is 10.6. The number of hydrogen-bond acceptors (Lipinski definition) is 3. The highest BCUT2D eigenvalue weighted by molar-refractivity contribution is 5.22. The van der Waals surface area contributed by atoms with Crippen LogP contribution in [0.5, 0.6) is 5.88 Å². The van der Waals surface area contributed by atoms with Crippen LogP contribution in [0.1, 0.15) is 50.6 Å². The first-order chi connectivity index (χ1) is 8.25. The predicted octanol–water partition coefficient (Wildman–Crippen LogP) is 3.06. The van der Waals surface area contributed by atoms with Crippen molar-refractivity contribution >= 4 is 0 Å². The number of aromatic nitrogens is 1. The van der Waals surface area contributed by atoms with Crippen LogP contribution in [0.15, 0.2) is 18.3 Å². The van der Waals surface area contributed by atoms with Gasteiger partial charge in [0.25, 0.3) is 0 Å². The van der Waals surface area contributed by atoms with Crippen LogP contribution in [0.2, 0.25) is 0 Å². The summed E-state index contributed by atoms with van der Waals surface area (Å²) in [6.07, 6.45) is 8.45. The van der Waals surface area contributed by atoms with Gasteiger partial charge < -0.3 is 10.5 Å². The summed E-state index contributed by atoms with van der Waals surface area (Å²) >= 11 is 0. The van der Waals surface area contributed by atoms with Gasteiger partial charge in [-0.15, -0.1) is 0 Å². The lowest BCUT2D eigenvalue weighted by molar-refractivity contribution is 0.202. The molecule has 1 aromatic heterocycles. The zero-order chi connectivity index (χ0) is 12.1. The van der Waals surface area contributed by atoms with E-state index in [-0.39, 0.29) is 6.04 Å². The van der Waals surface area contributed by atoms with E-state index in [1.165, 1.54) is 32.1 Å². The third-order valence-corrected chi connectivity index (χ3v) is 3.48. The maximum Gasteiger partial charge on any atom is 0.213 e. The second kappa shape index (κ2) is 6.01. The minimum atomic E-state index is 0.0371. The van der Waals surface area contributed by atoms with Crippen molar-refractivity contribution in [3.63, 3.8) is 0 Å². The van der Waals surface area contributed by atoms with Crippen LogP contribution >= 0.6 is 0 Å². The molecule has 1 fully saturated rings. The first kappa shape index (κ1) is 12.4. The Hall–Kier alpha value is -1.09. The van der Waals surface area contributed by atoms with E-state index >= 15 is 0 Å². The van der Waals surface area contributed by atoms with Crippen LogP contribution in [0, 0.1) is 5.92 Å². The Morgan fingerprint density at radius 1 is 1.41 bits per heavy atom. The third kappa shape index (κ3) is 3.70. The largest absolute Gasteiger partial charge is 0.477 e. The van der Waals surface area contributed by atoms with Crippen LogP contribution in [0.4, 0.5) is 0 Å². The van der Waals surface area contributed by atoms with Crippen LogP contribution in [0.25, 0.3) is 0 Å². The van der Waals surface area contributed by atoms with Gasteiger partial charge in [-0.25, -0.2) is 4.98 Å². The summed E-state index contributed by atoms with van der Waals surface area (Å²) in [6.45, 7) is 2.77. The average Bonchev–Trinajstić information content (AvgIpc) is 2.38. The molecular weight excluding hydrogens is 212 g/mol. The van der Waals surface area contributed by atoms with E-state index in [0.717, 1.165) is 12.2 Å². The van der Waals surface area contributed by atoms with Crippen molar-refractivity contribution in [3.05, 3.63) is 23.9 Å². The van der Waals surface area contributed by atoms with Gasteiger partial charge in [0.15, 0.2) is 0 Å². The maximum absolute atomic E-state index is 5.84. The van der Waals surface area contributed by atoms with Gasteiger partial charge in [-0.05, 0) is 37.3 Å². The smallest absolute Gasteiger partial charge is 0.213 e. The molecule has 0 aromatic carbocycles. The number of rotatable bonds is 4. The fraction of sp³-hybridized carbons (Fsp3) is 0.643. The monoisotopic (exact) mass is 234 g/mol. The van der Waals surface area contributed by atoms with E-state index in [0.29, 0.717) is 11.8 Å². The molecule has 0 spiro atoms. The molecule has 3 heteroatoms. The summed E-state index contributed by atoms with van der Waals surface area (Å²) in [4.78, 5) is 4.23. The minimum Gasteiger partial charge on any atom is -0.477 e. The molecule has 1 aliphatic carbocycles. The molecule has 2 rings (SSSR count). The van der Waals surface area contributed by atoms with Crippen molar-refractivity contribution < 1.29 is 4.74 Å². The highest BCUT2D eigenvalue weighted by atomic mass is 16.5. The summed E-state index contributed by atoms with van der Waals surface area (Å²) in [5.41, 5.74) is 6.92. The van der Waals surface area contributed by atoms with Crippen LogP contribution in [-0.2, 0) is 0 Å². The van der Waals surface area contributed by atoms with E-state index in [9.17, 15) is 0 Å². The van der Waals surface area contributed by atoms with Gasteiger partial charge in [-0.3, -0.25) is 0 Å². The third-order valence-electron chi connectivity index (χ3n) is 3.48. The van der Waals surface area contributed by atoms with E-state index in [4.69, 9.17) is 10.5 Å². The predicted molar refractivity (Wildman–Crippen MR) is 68.9 cm³/mol. The standard InChI is InChI=1S/C14H22N2O/c1-11(15)13-7-8-16-14(9-13)17-10-12-5-3-2-4-6-12/h7-9,11-12H,2-6,10,15H2,1H3. The highest BCUT2D eigenvalue weighted by Gasteiger charge is 2.14. The van der Waals surface area contributed by atoms with Crippen molar-refractivity contribution in [2.45, 2.75) is 45.1 Å². The van der Waals surface area contributed by atoms with Gasteiger partial charge in [0, 0.05) is 18.3 Å². The molecule has 0 radical (unpaired) electrons. The molecule has 1 aromatic rings. The number of ether oxygens (including phenoxy) is 1. The fourth-order valence-corrected chi connectivity index (χ4v) is 2.34. The Morgan fingerprint density at radius 2 is 2.18 bits per heavy atom. The molecule has 1 heterocycles. The number of nitrogens with zero attached hydrogens (tertiary/aromatic N) is 1. The molecule has 0 bridgehead atoms. The van der Waals surface area contributed by atoms with Crippen LogP contribution in [-0.4, -0.2) is 11.6 Å². The van der Waals surface area contributed by atoms with Crippen molar-refractivity contribution in [2.75, 3.05) is 6.61 Å². The van der Waals surface area contributed by atoms with Crippen molar-refractivity contribution in [1.82, 2.24) is 4.98 Å². The molecule has 1 atom stereocenters. The quantitative estimate of drug-likeness (QED) is 0.871. The van der Waals surface area contributed by atoms with Crippen LogP contribution < -0.4 is 10.5 Å². The Bertz CT molecular complexity index is 346. The van der Waals surface area contributed by atoms with Gasteiger partial charge in [0.1, 0.15) is 0 Å². The molecule has 3 nitrogen and oxygen atoms in total. The Balaban J connectivity index is 1.87. The summed E-state index contributed by atoms with van der Waals surface area (Å²) in [5, 5.41) is 0. The summed E-state index contributed by atoms with van der Waals surface area (Å²) in [6, 6.07) is 3.93. The Labute approximate surface area is 103 Å². The van der Waals surface area contributed by atoms with Gasteiger partial charge in [-0.1, -0.05) is 19.3 Å². The molecule has 94 valence electrons. The van der Waals surface area contributed by atoms with E-state index in [2.05, 4.69) is 4.98 Å². The fourth-order valence-electron chi connectivity index (χ4n) is 2.34. The van der Waals surface area contributed by atoms with E-state index < -0.39 is 0 Å². The Kier molecular flexibility index (Phi) is 4.37. The van der Waals surface area contributed by atoms with Gasteiger partial charge in [-0.2, -0.15) is 0 Å². The molecule has 0 saturated heterocycles. The van der Waals surface area contributed by atoms with Crippen molar-refractivity contribution in [1.29, 1.82) is 0 Å². The summed E-state index contributed by atoms with van der Waals surface area (Å²) < 4.78 is 5.77. The number of nitrogens with two attached hydrogens (primary N) is 1. The van der Waals surface area contributed by atoms with Crippen LogP contribution in [0.3, 0.4) is 0 Å². The number of hydrogen-bond donors (Lipinski definition) is 1. The molecule has 1 saturated carbocycles. The molecule has 1 aliphatic rings. The lowest BCUT2D eigenvalue weighted by Crippen LogP contribution is -2.16. The second-order valence-electron chi connectivity index (χ2n) is 5.03. The lowest BCUT2D eigenvalue weighted by Gasteiger charge is -2.21.